The Kier molecular flexibility index (Phi) is 3.95. The third-order valence-electron chi connectivity index (χ3n) is 1.87. The normalized spacial score (nSPS) is 9.86. The summed E-state index contributed by atoms with van der Waals surface area (Å²) in [6, 6.07) is 1.86. The molecule has 0 bridgehead atoms. The third-order valence-corrected chi connectivity index (χ3v) is 2.46. The number of halogens is 1. The number of rotatable bonds is 4. The van der Waals surface area contributed by atoms with Gasteiger partial charge in [0.25, 0.3) is 0 Å². The summed E-state index contributed by atoms with van der Waals surface area (Å²) < 4.78 is 0.918. The summed E-state index contributed by atoms with van der Waals surface area (Å²) in [6.45, 7) is 7.46. The molecule has 0 radical (unpaired) electrons. The Morgan fingerprint density at radius 1 is 1.71 bits per heavy atom. The number of nitrogen functional groups attached to an aromatic ring is 1. The van der Waals surface area contributed by atoms with Gasteiger partial charge in [-0.2, -0.15) is 0 Å². The maximum Gasteiger partial charge on any atom is 0.143 e. The number of nitrogens with zero attached hydrogens (tertiary/aromatic N) is 2. The number of hydrogen-bond acceptors (Lipinski definition) is 3. The molecule has 1 heterocycles. The summed E-state index contributed by atoms with van der Waals surface area (Å²) >= 11 is 3.44. The van der Waals surface area contributed by atoms with Crippen LogP contribution in [0.25, 0.3) is 0 Å². The highest BCUT2D eigenvalue weighted by Gasteiger charge is 2.08. The fourth-order valence-electron chi connectivity index (χ4n) is 1.20. The van der Waals surface area contributed by atoms with E-state index in [0.717, 1.165) is 23.4 Å². The van der Waals surface area contributed by atoms with Gasteiger partial charge in [-0.3, -0.25) is 0 Å². The topological polar surface area (TPSA) is 42.2 Å². The Morgan fingerprint density at radius 3 is 2.93 bits per heavy atom. The van der Waals surface area contributed by atoms with E-state index in [9.17, 15) is 0 Å². The van der Waals surface area contributed by atoms with Crippen LogP contribution in [0.4, 0.5) is 11.5 Å². The molecule has 76 valence electrons. The van der Waals surface area contributed by atoms with Crippen molar-refractivity contribution in [1.29, 1.82) is 0 Å². The fourth-order valence-corrected chi connectivity index (χ4v) is 1.82. The fraction of sp³-hybridized carbons (Fsp3) is 0.300. The van der Waals surface area contributed by atoms with E-state index in [1.807, 2.05) is 12.1 Å². The molecule has 0 aliphatic carbocycles. The molecule has 1 aromatic heterocycles. The second kappa shape index (κ2) is 5.00. The minimum Gasteiger partial charge on any atom is -0.397 e. The molecule has 4 heteroatoms. The number of nitrogens with two attached hydrogens (primary N) is 1. The molecule has 3 nitrogen and oxygen atoms in total. The summed E-state index contributed by atoms with van der Waals surface area (Å²) in [5.41, 5.74) is 6.27. The van der Waals surface area contributed by atoms with E-state index in [1.165, 1.54) is 0 Å². The predicted molar refractivity (Wildman–Crippen MR) is 64.4 cm³/mol. The van der Waals surface area contributed by atoms with Gasteiger partial charge in [0.1, 0.15) is 5.82 Å². The maximum atomic E-state index is 5.61. The quantitative estimate of drug-likeness (QED) is 0.841. The van der Waals surface area contributed by atoms with Crippen LogP contribution in [-0.2, 0) is 0 Å². The number of pyridine rings is 1. The lowest BCUT2D eigenvalue weighted by atomic mass is 10.3. The molecule has 0 saturated carbocycles. The van der Waals surface area contributed by atoms with Gasteiger partial charge in [-0.15, -0.1) is 6.58 Å². The van der Waals surface area contributed by atoms with E-state index in [0.29, 0.717) is 5.69 Å². The van der Waals surface area contributed by atoms with E-state index in [1.54, 1.807) is 6.20 Å². The first-order chi connectivity index (χ1) is 6.69. The van der Waals surface area contributed by atoms with Crippen molar-refractivity contribution in [3.8, 4) is 0 Å². The molecule has 2 N–H and O–H groups in total. The zero-order valence-corrected chi connectivity index (χ0v) is 9.79. The molecular formula is C10H14BrN3. The summed E-state index contributed by atoms with van der Waals surface area (Å²) in [6.07, 6.45) is 3.51. The SMILES string of the molecule is C=CCN(CC)c1ncc(N)cc1Br. The second-order valence-electron chi connectivity index (χ2n) is 2.90. The van der Waals surface area contributed by atoms with E-state index in [-0.39, 0.29) is 0 Å². The lowest BCUT2D eigenvalue weighted by molar-refractivity contribution is 0.879. The highest BCUT2D eigenvalue weighted by molar-refractivity contribution is 9.10. The first kappa shape index (κ1) is 11.0. The molecule has 1 aromatic rings. The summed E-state index contributed by atoms with van der Waals surface area (Å²) in [7, 11) is 0. The monoisotopic (exact) mass is 255 g/mol. The molecule has 0 aliphatic heterocycles. The number of anilines is 2. The number of likely N-dealkylation sites (N-methyl/N-ethyl adjacent to an activating group) is 1. The van der Waals surface area contributed by atoms with Gasteiger partial charge in [-0.1, -0.05) is 6.08 Å². The van der Waals surface area contributed by atoms with E-state index in [4.69, 9.17) is 5.73 Å². The van der Waals surface area contributed by atoms with Crippen molar-refractivity contribution < 1.29 is 0 Å². The number of aromatic nitrogens is 1. The van der Waals surface area contributed by atoms with Gasteiger partial charge < -0.3 is 10.6 Å². The van der Waals surface area contributed by atoms with Gasteiger partial charge in [0.2, 0.25) is 0 Å². The Labute approximate surface area is 92.8 Å². The first-order valence-corrected chi connectivity index (χ1v) is 5.25. The van der Waals surface area contributed by atoms with Crippen molar-refractivity contribution in [1.82, 2.24) is 4.98 Å². The second-order valence-corrected chi connectivity index (χ2v) is 3.76. The molecule has 14 heavy (non-hydrogen) atoms. The Balaban J connectivity index is 2.97. The van der Waals surface area contributed by atoms with Crippen LogP contribution in [0.5, 0.6) is 0 Å². The molecular weight excluding hydrogens is 242 g/mol. The van der Waals surface area contributed by atoms with E-state index >= 15 is 0 Å². The smallest absolute Gasteiger partial charge is 0.143 e. The Morgan fingerprint density at radius 2 is 2.43 bits per heavy atom. The molecule has 0 atom stereocenters. The van der Waals surface area contributed by atoms with Crippen LogP contribution >= 0.6 is 15.9 Å². The van der Waals surface area contributed by atoms with Crippen molar-refractivity contribution in [3.63, 3.8) is 0 Å². The predicted octanol–water partition coefficient (Wildman–Crippen LogP) is 2.44. The Bertz CT molecular complexity index is 325. The average molecular weight is 256 g/mol. The Hall–Kier alpha value is -1.03. The van der Waals surface area contributed by atoms with Crippen molar-refractivity contribution in [2.75, 3.05) is 23.7 Å². The van der Waals surface area contributed by atoms with E-state index < -0.39 is 0 Å². The van der Waals surface area contributed by atoms with Crippen LogP contribution < -0.4 is 10.6 Å². The molecule has 0 aromatic carbocycles. The van der Waals surface area contributed by atoms with Crippen LogP contribution in [0.1, 0.15) is 6.92 Å². The summed E-state index contributed by atoms with van der Waals surface area (Å²) in [5.74, 6) is 0.904. The standard InChI is InChI=1S/C10H14BrN3/c1-3-5-14(4-2)10-9(11)6-8(12)7-13-10/h3,6-7H,1,4-5,12H2,2H3. The van der Waals surface area contributed by atoms with Crippen molar-refractivity contribution >= 4 is 27.4 Å². The van der Waals surface area contributed by atoms with Crippen molar-refractivity contribution in [2.45, 2.75) is 6.92 Å². The van der Waals surface area contributed by atoms with Crippen LogP contribution in [0.3, 0.4) is 0 Å². The lowest BCUT2D eigenvalue weighted by Gasteiger charge is -2.21. The lowest BCUT2D eigenvalue weighted by Crippen LogP contribution is -2.23. The van der Waals surface area contributed by atoms with Crippen LogP contribution in [0, 0.1) is 0 Å². The van der Waals surface area contributed by atoms with Crippen molar-refractivity contribution in [3.05, 3.63) is 29.4 Å². The van der Waals surface area contributed by atoms with Crippen LogP contribution in [0.2, 0.25) is 0 Å². The molecule has 0 aliphatic rings. The molecule has 0 spiro atoms. The van der Waals surface area contributed by atoms with Gasteiger partial charge in [0.05, 0.1) is 16.4 Å². The summed E-state index contributed by atoms with van der Waals surface area (Å²) in [5, 5.41) is 0. The van der Waals surface area contributed by atoms with E-state index in [2.05, 4.69) is 39.3 Å². The van der Waals surface area contributed by atoms with Crippen molar-refractivity contribution in [2.24, 2.45) is 0 Å². The van der Waals surface area contributed by atoms with Gasteiger partial charge >= 0.3 is 0 Å². The molecule has 0 fully saturated rings. The van der Waals surface area contributed by atoms with Gasteiger partial charge in [0, 0.05) is 13.1 Å². The van der Waals surface area contributed by atoms with Crippen LogP contribution in [-0.4, -0.2) is 18.1 Å². The minimum absolute atomic E-state index is 0.662. The molecule has 0 amide bonds. The average Bonchev–Trinajstić information content (AvgIpc) is 2.15. The first-order valence-electron chi connectivity index (χ1n) is 4.46. The summed E-state index contributed by atoms with van der Waals surface area (Å²) in [4.78, 5) is 6.38. The zero-order valence-electron chi connectivity index (χ0n) is 8.20. The number of hydrogen-bond donors (Lipinski definition) is 1. The molecule has 1 rings (SSSR count). The zero-order chi connectivity index (χ0) is 10.6. The largest absolute Gasteiger partial charge is 0.397 e. The van der Waals surface area contributed by atoms with Gasteiger partial charge in [0.15, 0.2) is 0 Å². The molecule has 0 saturated heterocycles. The van der Waals surface area contributed by atoms with Crippen LogP contribution in [0.15, 0.2) is 29.4 Å². The minimum atomic E-state index is 0.662. The maximum absolute atomic E-state index is 5.61. The van der Waals surface area contributed by atoms with Gasteiger partial charge in [-0.25, -0.2) is 4.98 Å². The highest BCUT2D eigenvalue weighted by Crippen LogP contribution is 2.25. The highest BCUT2D eigenvalue weighted by atomic mass is 79.9. The van der Waals surface area contributed by atoms with Gasteiger partial charge in [-0.05, 0) is 28.9 Å². The third kappa shape index (κ3) is 2.48. The molecule has 0 unspecified atom stereocenters.